The van der Waals surface area contributed by atoms with E-state index in [1.54, 1.807) is 27.0 Å². The Labute approximate surface area is 172 Å². The number of halogens is 1. The summed E-state index contributed by atoms with van der Waals surface area (Å²) < 4.78 is 5.61. The molecule has 0 spiro atoms. The minimum atomic E-state index is -0.383. The molecule has 1 aromatic carbocycles. The van der Waals surface area contributed by atoms with E-state index in [4.69, 9.17) is 22.1 Å². The molecule has 28 heavy (non-hydrogen) atoms. The Bertz CT molecular complexity index is 784. The van der Waals surface area contributed by atoms with Gasteiger partial charge in [-0.15, -0.1) is 5.92 Å². The molecule has 0 radical (unpaired) electrons. The Hall–Kier alpha value is -1.94. The number of nitrogens with one attached hydrogen (secondary N) is 1. The van der Waals surface area contributed by atoms with Gasteiger partial charge in [0.1, 0.15) is 5.75 Å². The molecule has 2 aliphatic heterocycles. The van der Waals surface area contributed by atoms with Crippen LogP contribution in [0.3, 0.4) is 0 Å². The summed E-state index contributed by atoms with van der Waals surface area (Å²) in [5, 5.41) is 16.0. The SMILES string of the molecule is C.CC#C[C@H](C)Oc1cc(N)c(Cl)cc1C(=O)NC1CC2CCC(C1)[N+]2(C)[O-]. The molecule has 6 nitrogen and oxygen atoms in total. The summed E-state index contributed by atoms with van der Waals surface area (Å²) in [6.07, 6.45) is 2.85. The van der Waals surface area contributed by atoms with Crippen LogP contribution in [0.15, 0.2) is 12.1 Å². The third-order valence-corrected chi connectivity index (χ3v) is 6.05. The molecule has 2 aliphatic rings. The number of carbonyl (C=O) groups is 1. The molecule has 3 N–H and O–H groups in total. The van der Waals surface area contributed by atoms with Crippen LogP contribution in [0, 0.1) is 17.0 Å². The number of benzene rings is 1. The zero-order valence-electron chi connectivity index (χ0n) is 15.9. The predicted octanol–water partition coefficient (Wildman–Crippen LogP) is 3.72. The van der Waals surface area contributed by atoms with Crippen LogP contribution < -0.4 is 15.8 Å². The van der Waals surface area contributed by atoms with Gasteiger partial charge < -0.3 is 25.6 Å². The smallest absolute Gasteiger partial charge is 0.255 e. The molecule has 1 amide bonds. The predicted molar refractivity (Wildman–Crippen MR) is 113 cm³/mol. The Morgan fingerprint density at radius 3 is 2.57 bits per heavy atom. The number of amides is 1. The zero-order chi connectivity index (χ0) is 19.8. The van der Waals surface area contributed by atoms with Gasteiger partial charge in [0.25, 0.3) is 5.91 Å². The Morgan fingerprint density at radius 1 is 1.39 bits per heavy atom. The summed E-state index contributed by atoms with van der Waals surface area (Å²) in [7, 11) is 1.75. The molecule has 0 aliphatic carbocycles. The van der Waals surface area contributed by atoms with E-state index < -0.39 is 0 Å². The molecule has 0 aromatic heterocycles. The summed E-state index contributed by atoms with van der Waals surface area (Å²) in [6, 6.07) is 3.17. The number of ether oxygens (including phenoxy) is 1. The zero-order valence-corrected chi connectivity index (χ0v) is 16.7. The molecule has 2 heterocycles. The van der Waals surface area contributed by atoms with Crippen LogP contribution in [-0.4, -0.2) is 41.8 Å². The number of quaternary nitrogens is 1. The van der Waals surface area contributed by atoms with Crippen LogP contribution in [0.2, 0.25) is 5.02 Å². The number of nitrogens with two attached hydrogens (primary N) is 1. The maximum absolute atomic E-state index is 12.9. The summed E-state index contributed by atoms with van der Waals surface area (Å²) in [4.78, 5) is 12.9. The first-order chi connectivity index (χ1) is 12.7. The number of hydrogen-bond acceptors (Lipinski definition) is 4. The molecule has 7 heteroatoms. The molecule has 3 rings (SSSR count). The molecule has 3 atom stereocenters. The van der Waals surface area contributed by atoms with Crippen molar-refractivity contribution >= 4 is 23.2 Å². The van der Waals surface area contributed by atoms with E-state index in [0.29, 0.717) is 34.9 Å². The summed E-state index contributed by atoms with van der Waals surface area (Å²) in [6.45, 7) is 3.53. The highest BCUT2D eigenvalue weighted by Crippen LogP contribution is 2.40. The maximum Gasteiger partial charge on any atom is 0.255 e. The van der Waals surface area contributed by atoms with Crippen molar-refractivity contribution in [2.75, 3.05) is 12.8 Å². The van der Waals surface area contributed by atoms with E-state index in [1.165, 1.54) is 6.07 Å². The fraction of sp³-hybridized carbons (Fsp3) is 0.571. The van der Waals surface area contributed by atoms with Gasteiger partial charge >= 0.3 is 0 Å². The maximum atomic E-state index is 12.9. The first-order valence-corrected chi connectivity index (χ1v) is 9.65. The lowest BCUT2D eigenvalue weighted by atomic mass is 9.97. The number of nitrogen functional groups attached to an aromatic ring is 1. The van der Waals surface area contributed by atoms with Gasteiger partial charge in [0, 0.05) is 37.8 Å². The van der Waals surface area contributed by atoms with Crippen LogP contribution in [0.25, 0.3) is 0 Å². The van der Waals surface area contributed by atoms with Crippen molar-refractivity contribution in [3.8, 4) is 17.6 Å². The molecular formula is C21H30ClN3O3. The van der Waals surface area contributed by atoms with Crippen LogP contribution >= 0.6 is 11.6 Å². The van der Waals surface area contributed by atoms with Crippen molar-refractivity contribution < 1.29 is 14.2 Å². The van der Waals surface area contributed by atoms with Gasteiger partial charge in [0.05, 0.1) is 35.4 Å². The monoisotopic (exact) mass is 407 g/mol. The molecular weight excluding hydrogens is 378 g/mol. The number of hydrogen-bond donors (Lipinski definition) is 2. The number of rotatable bonds is 4. The molecule has 2 unspecified atom stereocenters. The number of piperidine rings is 1. The second kappa shape index (κ2) is 8.60. The Balaban J connectivity index is 0.00000280. The molecule has 154 valence electrons. The first kappa shape index (κ1) is 22.4. The van der Waals surface area contributed by atoms with Gasteiger partial charge in [0.2, 0.25) is 0 Å². The fourth-order valence-electron chi connectivity index (χ4n) is 4.25. The Morgan fingerprint density at radius 2 is 2.00 bits per heavy atom. The lowest BCUT2D eigenvalue weighted by Gasteiger charge is -2.50. The van der Waals surface area contributed by atoms with Crippen molar-refractivity contribution in [3.63, 3.8) is 0 Å². The summed E-state index contributed by atoms with van der Waals surface area (Å²) in [5.41, 5.74) is 6.55. The van der Waals surface area contributed by atoms with E-state index in [9.17, 15) is 10.0 Å². The van der Waals surface area contributed by atoms with Crippen LogP contribution in [0.4, 0.5) is 5.69 Å². The lowest BCUT2D eigenvalue weighted by Crippen LogP contribution is -2.57. The van der Waals surface area contributed by atoms with E-state index in [-0.39, 0.29) is 42.2 Å². The highest BCUT2D eigenvalue weighted by Gasteiger charge is 2.47. The first-order valence-electron chi connectivity index (χ1n) is 9.28. The molecule has 2 fully saturated rings. The van der Waals surface area contributed by atoms with Gasteiger partial charge in [0.15, 0.2) is 6.10 Å². The normalized spacial score (nSPS) is 29.1. The number of nitrogens with zero attached hydrogens (tertiary/aromatic N) is 1. The van der Waals surface area contributed by atoms with Gasteiger partial charge in [-0.05, 0) is 19.9 Å². The minimum Gasteiger partial charge on any atom is -0.633 e. The van der Waals surface area contributed by atoms with Gasteiger partial charge in [-0.1, -0.05) is 24.9 Å². The number of anilines is 1. The van der Waals surface area contributed by atoms with Crippen molar-refractivity contribution in [1.82, 2.24) is 5.32 Å². The van der Waals surface area contributed by atoms with E-state index in [0.717, 1.165) is 12.8 Å². The van der Waals surface area contributed by atoms with E-state index >= 15 is 0 Å². The van der Waals surface area contributed by atoms with E-state index in [1.807, 2.05) is 0 Å². The number of hydroxylamine groups is 3. The van der Waals surface area contributed by atoms with Gasteiger partial charge in [-0.25, -0.2) is 0 Å². The largest absolute Gasteiger partial charge is 0.633 e. The highest BCUT2D eigenvalue weighted by atomic mass is 35.5. The number of fused-ring (bicyclic) bond motifs is 2. The standard InChI is InChI=1S/C20H26ClN3O3.CH4/c1-4-5-12(2)27-19-11-18(22)17(21)10-16(19)20(25)23-13-8-14-6-7-15(9-13)24(14,3)26;/h10-15H,6-9,22H2,1-3H3,(H,23,25);1H4/t12-,13?,14?,15?,24?;/m0./s1. The molecule has 0 saturated carbocycles. The summed E-state index contributed by atoms with van der Waals surface area (Å²) in [5.74, 6) is 5.76. The summed E-state index contributed by atoms with van der Waals surface area (Å²) >= 11 is 6.13. The highest BCUT2D eigenvalue weighted by molar-refractivity contribution is 6.33. The van der Waals surface area contributed by atoms with Crippen molar-refractivity contribution in [2.45, 2.75) is 71.2 Å². The van der Waals surface area contributed by atoms with Crippen LogP contribution in [0.5, 0.6) is 5.75 Å². The quantitative estimate of drug-likeness (QED) is 0.344. The second-order valence-electron chi connectivity index (χ2n) is 7.61. The molecule has 2 saturated heterocycles. The molecule has 1 aromatic rings. The van der Waals surface area contributed by atoms with Crippen LogP contribution in [0.1, 0.15) is 57.3 Å². The second-order valence-corrected chi connectivity index (χ2v) is 8.02. The average molecular weight is 408 g/mol. The van der Waals surface area contributed by atoms with Crippen molar-refractivity contribution in [2.24, 2.45) is 0 Å². The third-order valence-electron chi connectivity index (χ3n) is 5.73. The van der Waals surface area contributed by atoms with Gasteiger partial charge in [-0.2, -0.15) is 0 Å². The number of carbonyl (C=O) groups excluding carboxylic acids is 1. The topological polar surface area (TPSA) is 87.4 Å². The van der Waals surface area contributed by atoms with Crippen LogP contribution in [-0.2, 0) is 0 Å². The Kier molecular flexibility index (Phi) is 6.87. The third kappa shape index (κ3) is 4.38. The van der Waals surface area contributed by atoms with E-state index in [2.05, 4.69) is 17.2 Å². The fourth-order valence-corrected chi connectivity index (χ4v) is 4.41. The minimum absolute atomic E-state index is 0. The molecule has 2 bridgehead atoms. The lowest BCUT2D eigenvalue weighted by molar-refractivity contribution is -0.902. The van der Waals surface area contributed by atoms with Gasteiger partial charge in [-0.3, -0.25) is 4.79 Å². The van der Waals surface area contributed by atoms with Crippen molar-refractivity contribution in [3.05, 3.63) is 27.9 Å². The average Bonchev–Trinajstić information content (AvgIpc) is 2.75. The van der Waals surface area contributed by atoms with Crippen molar-refractivity contribution in [1.29, 1.82) is 0 Å².